The van der Waals surface area contributed by atoms with Crippen LogP contribution < -0.4 is 0 Å². The Morgan fingerprint density at radius 2 is 2.00 bits per heavy atom. The zero-order chi connectivity index (χ0) is 10.2. The van der Waals surface area contributed by atoms with Crippen molar-refractivity contribution in [1.29, 1.82) is 0 Å². The number of alkyl halides is 1. The highest BCUT2D eigenvalue weighted by Crippen LogP contribution is 2.60. The second-order valence-corrected chi connectivity index (χ2v) is 5.73. The molecule has 2 fully saturated rings. The molecule has 0 radical (unpaired) electrons. The van der Waals surface area contributed by atoms with E-state index in [1.165, 1.54) is 38.5 Å². The lowest BCUT2D eigenvalue weighted by molar-refractivity contribution is 0.0940. The molecule has 0 spiro atoms. The van der Waals surface area contributed by atoms with Crippen LogP contribution in [0.2, 0.25) is 0 Å². The molecular weight excluding hydrogens is 192 g/mol. The molecule has 3 unspecified atom stereocenters. The molecule has 82 valence electrons. The maximum absolute atomic E-state index is 6.31. The minimum Gasteiger partial charge on any atom is -0.126 e. The van der Waals surface area contributed by atoms with Gasteiger partial charge >= 0.3 is 0 Å². The summed E-state index contributed by atoms with van der Waals surface area (Å²) in [5.74, 6) is 3.80. The Hall–Kier alpha value is 0.290. The molecular formula is C13H23Cl. The van der Waals surface area contributed by atoms with Crippen molar-refractivity contribution in [3.8, 4) is 0 Å². The Morgan fingerprint density at radius 3 is 2.36 bits per heavy atom. The van der Waals surface area contributed by atoms with E-state index in [1.54, 1.807) is 0 Å². The highest BCUT2D eigenvalue weighted by molar-refractivity contribution is 6.18. The molecule has 0 heterocycles. The fourth-order valence-electron chi connectivity index (χ4n) is 4.36. The second-order valence-electron chi connectivity index (χ2n) is 5.46. The van der Waals surface area contributed by atoms with Crippen LogP contribution in [0.25, 0.3) is 0 Å². The molecule has 2 bridgehead atoms. The van der Waals surface area contributed by atoms with Crippen LogP contribution in [-0.2, 0) is 0 Å². The van der Waals surface area contributed by atoms with Gasteiger partial charge in [0.1, 0.15) is 0 Å². The first-order valence-electron chi connectivity index (χ1n) is 6.32. The Morgan fingerprint density at radius 1 is 1.29 bits per heavy atom. The maximum atomic E-state index is 6.31. The van der Waals surface area contributed by atoms with Crippen LogP contribution >= 0.6 is 11.6 Å². The summed E-state index contributed by atoms with van der Waals surface area (Å²) in [6, 6.07) is 0. The lowest BCUT2D eigenvalue weighted by atomic mass is 9.64. The minimum atomic E-state index is 0.536. The summed E-state index contributed by atoms with van der Waals surface area (Å²) < 4.78 is 0. The normalized spacial score (nSPS) is 41.1. The molecule has 0 saturated heterocycles. The smallest absolute Gasteiger partial charge is 0.0285 e. The molecule has 2 aliphatic rings. The average Bonchev–Trinajstić information content (AvgIpc) is 2.79. The first-order valence-corrected chi connectivity index (χ1v) is 6.86. The molecule has 0 amide bonds. The van der Waals surface area contributed by atoms with E-state index in [1.807, 2.05) is 0 Å². The van der Waals surface area contributed by atoms with Gasteiger partial charge in [0, 0.05) is 5.88 Å². The lowest BCUT2D eigenvalue weighted by Crippen LogP contribution is -2.37. The van der Waals surface area contributed by atoms with Gasteiger partial charge in [-0.05, 0) is 42.4 Å². The number of hydrogen-bond acceptors (Lipinski definition) is 0. The number of hydrogen-bond donors (Lipinski definition) is 0. The van der Waals surface area contributed by atoms with E-state index in [0.717, 1.165) is 23.6 Å². The van der Waals surface area contributed by atoms with Crippen LogP contribution in [0, 0.1) is 23.2 Å². The third-order valence-electron chi connectivity index (χ3n) is 5.07. The molecule has 0 aliphatic heterocycles. The summed E-state index contributed by atoms with van der Waals surface area (Å²) in [5, 5.41) is 0. The topological polar surface area (TPSA) is 0 Å². The zero-order valence-electron chi connectivity index (χ0n) is 9.56. The van der Waals surface area contributed by atoms with Crippen molar-refractivity contribution < 1.29 is 0 Å². The van der Waals surface area contributed by atoms with Crippen molar-refractivity contribution in [2.24, 2.45) is 23.2 Å². The molecule has 3 atom stereocenters. The van der Waals surface area contributed by atoms with Crippen molar-refractivity contribution in [1.82, 2.24) is 0 Å². The lowest BCUT2D eigenvalue weighted by Gasteiger charge is -2.42. The first-order chi connectivity index (χ1) is 6.76. The predicted molar refractivity (Wildman–Crippen MR) is 62.7 cm³/mol. The third-order valence-corrected chi connectivity index (χ3v) is 5.57. The molecule has 2 saturated carbocycles. The van der Waals surface area contributed by atoms with Gasteiger partial charge in [-0.15, -0.1) is 11.6 Å². The average molecular weight is 215 g/mol. The predicted octanol–water partition coefficient (Wildman–Crippen LogP) is 4.47. The van der Waals surface area contributed by atoms with Crippen molar-refractivity contribution in [3.63, 3.8) is 0 Å². The summed E-state index contributed by atoms with van der Waals surface area (Å²) in [6.45, 7) is 4.68. The molecule has 1 heteroatoms. The SMILES string of the molecule is CCC(CC)C1(CCl)CC2CCC1C2. The van der Waals surface area contributed by atoms with Crippen molar-refractivity contribution in [2.75, 3.05) is 5.88 Å². The summed E-state index contributed by atoms with van der Waals surface area (Å²) >= 11 is 6.31. The van der Waals surface area contributed by atoms with E-state index in [2.05, 4.69) is 13.8 Å². The van der Waals surface area contributed by atoms with Gasteiger partial charge in [-0.3, -0.25) is 0 Å². The number of rotatable bonds is 4. The van der Waals surface area contributed by atoms with Crippen LogP contribution in [0.4, 0.5) is 0 Å². The molecule has 2 aliphatic carbocycles. The van der Waals surface area contributed by atoms with Gasteiger partial charge in [0.15, 0.2) is 0 Å². The first kappa shape index (κ1) is 10.8. The van der Waals surface area contributed by atoms with Crippen LogP contribution in [0.1, 0.15) is 52.4 Å². The van der Waals surface area contributed by atoms with E-state index in [0.29, 0.717) is 5.41 Å². The Labute approximate surface area is 93.4 Å². The van der Waals surface area contributed by atoms with Crippen LogP contribution in [0.15, 0.2) is 0 Å². The highest BCUT2D eigenvalue weighted by Gasteiger charge is 2.52. The molecule has 0 aromatic heterocycles. The van der Waals surface area contributed by atoms with E-state index in [9.17, 15) is 0 Å². The van der Waals surface area contributed by atoms with Gasteiger partial charge in [-0.1, -0.05) is 33.1 Å². The van der Waals surface area contributed by atoms with Crippen LogP contribution in [0.5, 0.6) is 0 Å². The van der Waals surface area contributed by atoms with Crippen molar-refractivity contribution in [2.45, 2.75) is 52.4 Å². The molecule has 14 heavy (non-hydrogen) atoms. The zero-order valence-corrected chi connectivity index (χ0v) is 10.3. The van der Waals surface area contributed by atoms with Gasteiger partial charge in [0.25, 0.3) is 0 Å². The largest absolute Gasteiger partial charge is 0.126 e. The van der Waals surface area contributed by atoms with Crippen molar-refractivity contribution >= 4 is 11.6 Å². The van der Waals surface area contributed by atoms with Crippen LogP contribution in [0.3, 0.4) is 0 Å². The van der Waals surface area contributed by atoms with Gasteiger partial charge in [0.05, 0.1) is 0 Å². The molecule has 0 nitrogen and oxygen atoms in total. The summed E-state index contributed by atoms with van der Waals surface area (Å²) in [6.07, 6.45) is 8.53. The highest BCUT2D eigenvalue weighted by atomic mass is 35.5. The quantitative estimate of drug-likeness (QED) is 0.606. The van der Waals surface area contributed by atoms with E-state index < -0.39 is 0 Å². The summed E-state index contributed by atoms with van der Waals surface area (Å²) in [4.78, 5) is 0. The van der Waals surface area contributed by atoms with Gasteiger partial charge < -0.3 is 0 Å². The van der Waals surface area contributed by atoms with Gasteiger partial charge in [-0.2, -0.15) is 0 Å². The van der Waals surface area contributed by atoms with Gasteiger partial charge in [-0.25, -0.2) is 0 Å². The van der Waals surface area contributed by atoms with Crippen LogP contribution in [-0.4, -0.2) is 5.88 Å². The van der Waals surface area contributed by atoms with Gasteiger partial charge in [0.2, 0.25) is 0 Å². The Balaban J connectivity index is 2.17. The maximum Gasteiger partial charge on any atom is 0.0285 e. The monoisotopic (exact) mass is 214 g/mol. The van der Waals surface area contributed by atoms with Crippen molar-refractivity contribution in [3.05, 3.63) is 0 Å². The standard InChI is InChI=1S/C13H23Cl/c1-3-11(4-2)13(9-14)8-10-5-6-12(13)7-10/h10-12H,3-9H2,1-2H3. The third kappa shape index (κ3) is 1.41. The van der Waals surface area contributed by atoms with E-state index in [-0.39, 0.29) is 0 Å². The second kappa shape index (κ2) is 4.04. The number of fused-ring (bicyclic) bond motifs is 2. The summed E-state index contributed by atoms with van der Waals surface area (Å²) in [5.41, 5.74) is 0.536. The van der Waals surface area contributed by atoms with E-state index >= 15 is 0 Å². The minimum absolute atomic E-state index is 0.536. The van der Waals surface area contributed by atoms with E-state index in [4.69, 9.17) is 11.6 Å². The number of halogens is 1. The molecule has 0 aromatic rings. The molecule has 2 rings (SSSR count). The molecule has 0 aromatic carbocycles. The molecule has 0 N–H and O–H groups in total. The fourth-order valence-corrected chi connectivity index (χ4v) is 4.91. The fraction of sp³-hybridized carbons (Fsp3) is 1.00. The Bertz CT molecular complexity index is 197. The Kier molecular flexibility index (Phi) is 3.12. The summed E-state index contributed by atoms with van der Waals surface area (Å²) in [7, 11) is 0.